The van der Waals surface area contributed by atoms with Gasteiger partial charge in [-0.25, -0.2) is 0 Å². The Morgan fingerprint density at radius 3 is 2.50 bits per heavy atom. The van der Waals surface area contributed by atoms with Crippen LogP contribution < -0.4 is 9.47 Å². The number of amides is 1. The summed E-state index contributed by atoms with van der Waals surface area (Å²) in [5, 5.41) is 9.24. The number of ether oxygens (including phenoxy) is 2. The lowest BCUT2D eigenvalue weighted by Crippen LogP contribution is -2.38. The van der Waals surface area contributed by atoms with Gasteiger partial charge in [0.25, 0.3) is 0 Å². The standard InChI is InChI=1S/C22H25NO5/c1-27-16-8-9-20(28-2)18(12-16)17-13-19(17)22(26)23(14-21(24)25)11-10-15-6-4-3-5-7-15/h3-9,12,17,19H,10-11,13-14H2,1-2H3,(H,24,25). The van der Waals surface area contributed by atoms with Gasteiger partial charge in [0, 0.05) is 23.9 Å². The maximum Gasteiger partial charge on any atom is 0.323 e. The first-order valence-corrected chi connectivity index (χ1v) is 9.30. The molecule has 1 fully saturated rings. The zero-order chi connectivity index (χ0) is 20.1. The minimum absolute atomic E-state index is 0.0190. The number of carboxylic acid groups (broad SMARTS) is 1. The lowest BCUT2D eigenvalue weighted by molar-refractivity contribution is -0.145. The van der Waals surface area contributed by atoms with Crippen molar-refractivity contribution in [1.82, 2.24) is 4.90 Å². The van der Waals surface area contributed by atoms with Crippen molar-refractivity contribution < 1.29 is 24.2 Å². The Balaban J connectivity index is 1.71. The highest BCUT2D eigenvalue weighted by atomic mass is 16.5. The van der Waals surface area contributed by atoms with Gasteiger partial charge < -0.3 is 19.5 Å². The molecule has 0 bridgehead atoms. The van der Waals surface area contributed by atoms with Crippen LogP contribution in [0.1, 0.15) is 23.5 Å². The van der Waals surface area contributed by atoms with Crippen molar-refractivity contribution >= 4 is 11.9 Å². The van der Waals surface area contributed by atoms with Gasteiger partial charge >= 0.3 is 5.97 Å². The van der Waals surface area contributed by atoms with Gasteiger partial charge in [-0.3, -0.25) is 9.59 Å². The number of carbonyl (C=O) groups excluding carboxylic acids is 1. The van der Waals surface area contributed by atoms with Crippen molar-refractivity contribution in [2.75, 3.05) is 27.3 Å². The highest BCUT2D eigenvalue weighted by Crippen LogP contribution is 2.52. The van der Waals surface area contributed by atoms with E-state index < -0.39 is 5.97 Å². The molecule has 148 valence electrons. The molecule has 2 atom stereocenters. The molecule has 28 heavy (non-hydrogen) atoms. The van der Waals surface area contributed by atoms with Crippen LogP contribution in [0, 0.1) is 5.92 Å². The average molecular weight is 383 g/mol. The van der Waals surface area contributed by atoms with Crippen LogP contribution in [0.4, 0.5) is 0 Å². The second-order valence-corrected chi connectivity index (χ2v) is 6.95. The molecule has 0 saturated heterocycles. The Morgan fingerprint density at radius 1 is 1.11 bits per heavy atom. The van der Waals surface area contributed by atoms with Crippen molar-refractivity contribution in [1.29, 1.82) is 0 Å². The number of methoxy groups -OCH3 is 2. The summed E-state index contributed by atoms with van der Waals surface area (Å²) in [5.74, 6) is 0.100. The fourth-order valence-electron chi connectivity index (χ4n) is 3.51. The van der Waals surface area contributed by atoms with E-state index >= 15 is 0 Å². The highest BCUT2D eigenvalue weighted by Gasteiger charge is 2.47. The van der Waals surface area contributed by atoms with E-state index in [0.29, 0.717) is 25.1 Å². The van der Waals surface area contributed by atoms with Crippen LogP contribution in [0.3, 0.4) is 0 Å². The van der Waals surface area contributed by atoms with E-state index in [1.54, 1.807) is 14.2 Å². The quantitative estimate of drug-likeness (QED) is 0.720. The molecule has 2 aromatic carbocycles. The zero-order valence-corrected chi connectivity index (χ0v) is 16.1. The molecular formula is C22H25NO5. The maximum atomic E-state index is 13.0. The number of nitrogens with zero attached hydrogens (tertiary/aromatic N) is 1. The maximum absolute atomic E-state index is 13.0. The third kappa shape index (κ3) is 4.63. The first kappa shape index (κ1) is 19.7. The lowest BCUT2D eigenvalue weighted by Gasteiger charge is -2.21. The molecule has 0 spiro atoms. The van der Waals surface area contributed by atoms with Gasteiger partial charge in [0.15, 0.2) is 0 Å². The number of carboxylic acids is 1. The largest absolute Gasteiger partial charge is 0.497 e. The van der Waals surface area contributed by atoms with Crippen LogP contribution in [0.25, 0.3) is 0 Å². The Kier molecular flexibility index (Phi) is 6.19. The van der Waals surface area contributed by atoms with Crippen LogP contribution in [0.2, 0.25) is 0 Å². The Labute approximate surface area is 164 Å². The van der Waals surface area contributed by atoms with Gasteiger partial charge in [0.1, 0.15) is 18.0 Å². The molecule has 1 aliphatic rings. The monoisotopic (exact) mass is 383 g/mol. The van der Waals surface area contributed by atoms with Crippen LogP contribution in [0.15, 0.2) is 48.5 Å². The topological polar surface area (TPSA) is 76.1 Å². The zero-order valence-electron chi connectivity index (χ0n) is 16.1. The van der Waals surface area contributed by atoms with Crippen molar-refractivity contribution in [2.24, 2.45) is 5.92 Å². The molecule has 6 nitrogen and oxygen atoms in total. The molecular weight excluding hydrogens is 358 g/mol. The van der Waals surface area contributed by atoms with Crippen LogP contribution in [0.5, 0.6) is 11.5 Å². The second kappa shape index (κ2) is 8.78. The van der Waals surface area contributed by atoms with E-state index in [0.717, 1.165) is 16.9 Å². The number of hydrogen-bond donors (Lipinski definition) is 1. The first-order valence-electron chi connectivity index (χ1n) is 9.30. The minimum Gasteiger partial charge on any atom is -0.497 e. The van der Waals surface area contributed by atoms with Gasteiger partial charge in [-0.2, -0.15) is 0 Å². The molecule has 2 unspecified atom stereocenters. The molecule has 2 aromatic rings. The summed E-state index contributed by atoms with van der Waals surface area (Å²) < 4.78 is 10.7. The Hall–Kier alpha value is -3.02. The molecule has 1 N–H and O–H groups in total. The average Bonchev–Trinajstić information content (AvgIpc) is 3.51. The third-order valence-corrected chi connectivity index (χ3v) is 5.09. The van der Waals surface area contributed by atoms with Gasteiger partial charge in [-0.15, -0.1) is 0 Å². The number of benzene rings is 2. The van der Waals surface area contributed by atoms with Crippen LogP contribution >= 0.6 is 0 Å². The summed E-state index contributed by atoms with van der Waals surface area (Å²) in [4.78, 5) is 25.7. The van der Waals surface area contributed by atoms with Crippen molar-refractivity contribution in [3.8, 4) is 11.5 Å². The minimum atomic E-state index is -1.00. The lowest BCUT2D eigenvalue weighted by atomic mass is 10.1. The summed E-state index contributed by atoms with van der Waals surface area (Å²) in [7, 11) is 3.19. The van der Waals surface area contributed by atoms with Crippen LogP contribution in [-0.4, -0.2) is 49.2 Å². The molecule has 0 heterocycles. The van der Waals surface area contributed by atoms with E-state index in [4.69, 9.17) is 9.47 Å². The van der Waals surface area contributed by atoms with Crippen molar-refractivity contribution in [3.05, 3.63) is 59.7 Å². The molecule has 3 rings (SSSR count). The summed E-state index contributed by atoms with van der Waals surface area (Å²) in [6.45, 7) is 0.0950. The normalized spacial score (nSPS) is 17.6. The molecule has 1 saturated carbocycles. The SMILES string of the molecule is COc1ccc(OC)c(C2CC2C(=O)N(CCc2ccccc2)CC(=O)O)c1. The summed E-state index contributed by atoms with van der Waals surface area (Å²) in [5.41, 5.74) is 2.01. The van der Waals surface area contributed by atoms with Gasteiger partial charge in [0.05, 0.1) is 14.2 Å². The van der Waals surface area contributed by atoms with Gasteiger partial charge in [0.2, 0.25) is 5.91 Å². The summed E-state index contributed by atoms with van der Waals surface area (Å²) >= 11 is 0. The van der Waals surface area contributed by atoms with E-state index in [-0.39, 0.29) is 24.3 Å². The summed E-state index contributed by atoms with van der Waals surface area (Å²) in [6.07, 6.45) is 1.31. The van der Waals surface area contributed by atoms with Gasteiger partial charge in [-0.05, 0) is 36.6 Å². The van der Waals surface area contributed by atoms with E-state index in [2.05, 4.69) is 0 Å². The fourth-order valence-corrected chi connectivity index (χ4v) is 3.51. The van der Waals surface area contributed by atoms with E-state index in [1.807, 2.05) is 48.5 Å². The predicted octanol–water partition coefficient (Wildman–Crippen LogP) is 2.96. The molecule has 0 aliphatic heterocycles. The molecule has 1 aliphatic carbocycles. The smallest absolute Gasteiger partial charge is 0.323 e. The second-order valence-electron chi connectivity index (χ2n) is 6.95. The molecule has 1 amide bonds. The predicted molar refractivity (Wildman–Crippen MR) is 105 cm³/mol. The number of aliphatic carboxylic acids is 1. The summed E-state index contributed by atoms with van der Waals surface area (Å²) in [6, 6.07) is 15.3. The van der Waals surface area contributed by atoms with Gasteiger partial charge in [-0.1, -0.05) is 30.3 Å². The van der Waals surface area contributed by atoms with Crippen molar-refractivity contribution in [2.45, 2.75) is 18.8 Å². The number of carbonyl (C=O) groups is 2. The highest BCUT2D eigenvalue weighted by molar-refractivity contribution is 5.86. The third-order valence-electron chi connectivity index (χ3n) is 5.09. The van der Waals surface area contributed by atoms with E-state index in [1.165, 1.54) is 4.90 Å². The van der Waals surface area contributed by atoms with Crippen molar-refractivity contribution in [3.63, 3.8) is 0 Å². The Bertz CT molecular complexity index is 836. The molecule has 0 radical (unpaired) electrons. The fraction of sp³-hybridized carbons (Fsp3) is 0.364. The van der Waals surface area contributed by atoms with E-state index in [9.17, 15) is 14.7 Å². The first-order chi connectivity index (χ1) is 13.5. The molecule has 0 aromatic heterocycles. The van der Waals surface area contributed by atoms with Crippen LogP contribution in [-0.2, 0) is 16.0 Å². The number of rotatable bonds is 9. The Morgan fingerprint density at radius 2 is 1.86 bits per heavy atom. The molecule has 6 heteroatoms. The number of hydrogen-bond acceptors (Lipinski definition) is 4.